The van der Waals surface area contributed by atoms with Crippen molar-refractivity contribution in [2.24, 2.45) is 0 Å². The van der Waals surface area contributed by atoms with E-state index < -0.39 is 0 Å². The summed E-state index contributed by atoms with van der Waals surface area (Å²) in [4.78, 5) is 24.5. The lowest BCUT2D eigenvalue weighted by Gasteiger charge is -2.34. The summed E-state index contributed by atoms with van der Waals surface area (Å²) < 4.78 is 3.07. The largest absolute Gasteiger partial charge is 0.328 e. The number of benzene rings is 1. The van der Waals surface area contributed by atoms with E-state index in [-0.39, 0.29) is 11.9 Å². The van der Waals surface area contributed by atoms with E-state index in [9.17, 15) is 4.79 Å². The van der Waals surface area contributed by atoms with Gasteiger partial charge in [0.15, 0.2) is 0 Å². The lowest BCUT2D eigenvalue weighted by atomic mass is 10.0. The van der Waals surface area contributed by atoms with Crippen LogP contribution in [0, 0.1) is 0 Å². The van der Waals surface area contributed by atoms with Crippen molar-refractivity contribution in [3.8, 4) is 0 Å². The summed E-state index contributed by atoms with van der Waals surface area (Å²) in [5.41, 5.74) is 2.31. The summed E-state index contributed by atoms with van der Waals surface area (Å²) in [5, 5.41) is 1.03. The van der Waals surface area contributed by atoms with Crippen LogP contribution in [0.15, 0.2) is 54.9 Å². The van der Waals surface area contributed by atoms with Gasteiger partial charge in [-0.3, -0.25) is 4.79 Å². The van der Waals surface area contributed by atoms with Crippen molar-refractivity contribution in [3.63, 3.8) is 0 Å². The molecule has 1 aliphatic heterocycles. The minimum Gasteiger partial charge on any atom is -0.328 e. The smallest absolute Gasteiger partial charge is 0.274 e. The Morgan fingerprint density at radius 2 is 1.96 bits per heavy atom. The van der Waals surface area contributed by atoms with E-state index in [2.05, 4.69) is 11.1 Å². The van der Waals surface area contributed by atoms with E-state index in [0.29, 0.717) is 5.69 Å². The van der Waals surface area contributed by atoms with E-state index in [0.717, 1.165) is 42.0 Å². The third kappa shape index (κ3) is 2.57. The van der Waals surface area contributed by atoms with Crippen molar-refractivity contribution in [1.82, 2.24) is 19.3 Å². The third-order valence-corrected chi connectivity index (χ3v) is 6.08. The molecule has 0 radical (unpaired) electrons. The maximum absolute atomic E-state index is 13.2. The molecule has 6 heteroatoms. The van der Waals surface area contributed by atoms with Gasteiger partial charge in [0.2, 0.25) is 0 Å². The van der Waals surface area contributed by atoms with Crippen LogP contribution in [0.1, 0.15) is 40.8 Å². The van der Waals surface area contributed by atoms with Gasteiger partial charge in [-0.2, -0.15) is 0 Å². The number of carbonyl (C=O) groups is 1. The van der Waals surface area contributed by atoms with Gasteiger partial charge < -0.3 is 9.30 Å². The topological polar surface area (TPSA) is 50.5 Å². The van der Waals surface area contributed by atoms with Crippen molar-refractivity contribution < 1.29 is 4.79 Å². The molecule has 1 fully saturated rings. The molecule has 1 saturated heterocycles. The molecule has 3 aromatic heterocycles. The molecule has 0 N–H and O–H groups in total. The zero-order valence-corrected chi connectivity index (χ0v) is 15.0. The Labute approximate surface area is 154 Å². The Balaban J connectivity index is 1.51. The molecule has 4 heterocycles. The Kier molecular flexibility index (Phi) is 3.71. The van der Waals surface area contributed by atoms with Crippen molar-refractivity contribution in [3.05, 3.63) is 65.6 Å². The highest BCUT2D eigenvalue weighted by Crippen LogP contribution is 2.36. The predicted octanol–water partition coefficient (Wildman–Crippen LogP) is 4.31. The van der Waals surface area contributed by atoms with Gasteiger partial charge in [0.1, 0.15) is 16.3 Å². The van der Waals surface area contributed by atoms with Crippen molar-refractivity contribution >= 4 is 33.1 Å². The van der Waals surface area contributed by atoms with Crippen LogP contribution in [0.2, 0.25) is 0 Å². The van der Waals surface area contributed by atoms with Crippen LogP contribution in [0.3, 0.4) is 0 Å². The van der Waals surface area contributed by atoms with Gasteiger partial charge >= 0.3 is 0 Å². The molecule has 1 aliphatic rings. The number of fused-ring (bicyclic) bond motifs is 2. The number of aromatic nitrogens is 3. The number of hydrogen-bond acceptors (Lipinski definition) is 4. The van der Waals surface area contributed by atoms with Crippen molar-refractivity contribution in [1.29, 1.82) is 0 Å². The quantitative estimate of drug-likeness (QED) is 0.534. The molecule has 0 unspecified atom stereocenters. The van der Waals surface area contributed by atoms with Gasteiger partial charge in [-0.05, 0) is 43.5 Å². The molecule has 5 nitrogen and oxygen atoms in total. The highest BCUT2D eigenvalue weighted by atomic mass is 32.1. The molecule has 1 atom stereocenters. The van der Waals surface area contributed by atoms with Crippen LogP contribution in [0.5, 0.6) is 0 Å². The minimum absolute atomic E-state index is 0.00217. The first kappa shape index (κ1) is 15.5. The highest BCUT2D eigenvalue weighted by Gasteiger charge is 2.32. The van der Waals surface area contributed by atoms with Gasteiger partial charge in [-0.1, -0.05) is 18.2 Å². The van der Waals surface area contributed by atoms with E-state index in [4.69, 9.17) is 4.98 Å². The lowest BCUT2D eigenvalue weighted by molar-refractivity contribution is 0.0606. The molecule has 0 saturated carbocycles. The highest BCUT2D eigenvalue weighted by molar-refractivity contribution is 7.18. The van der Waals surface area contributed by atoms with Crippen LogP contribution in [0.25, 0.3) is 15.9 Å². The summed E-state index contributed by atoms with van der Waals surface area (Å²) in [6.45, 7) is 0.757. The summed E-state index contributed by atoms with van der Waals surface area (Å²) in [7, 11) is 0. The first-order chi connectivity index (χ1) is 12.8. The number of thiazole rings is 1. The zero-order chi connectivity index (χ0) is 17.5. The molecule has 0 spiro atoms. The lowest BCUT2D eigenvalue weighted by Crippen LogP contribution is -2.38. The summed E-state index contributed by atoms with van der Waals surface area (Å²) in [5.74, 6) is -0.00217. The monoisotopic (exact) mass is 362 g/mol. The number of carbonyl (C=O) groups excluding carboxylic acids is 1. The number of imidazole rings is 1. The average molecular weight is 362 g/mol. The fourth-order valence-corrected chi connectivity index (χ4v) is 4.76. The second-order valence-electron chi connectivity index (χ2n) is 6.62. The third-order valence-electron chi connectivity index (χ3n) is 4.94. The first-order valence-electron chi connectivity index (χ1n) is 8.90. The summed E-state index contributed by atoms with van der Waals surface area (Å²) >= 11 is 1.69. The van der Waals surface area contributed by atoms with Crippen LogP contribution >= 0.6 is 11.3 Å². The standard InChI is InChI=1S/C20H18N4OS/c25-20(15-13-23-11-5-4-10-18(23)21-15)24-12-6-3-8-16(24)19-22-14-7-1-2-9-17(14)26-19/h1-2,4-5,7,9-11,13,16H,3,6,8,12H2/t16-/m1/s1. The summed E-state index contributed by atoms with van der Waals surface area (Å²) in [6, 6.07) is 14.0. The van der Waals surface area contributed by atoms with Gasteiger partial charge in [0.25, 0.3) is 5.91 Å². The summed E-state index contributed by atoms with van der Waals surface area (Å²) in [6.07, 6.45) is 6.84. The number of hydrogen-bond donors (Lipinski definition) is 0. The maximum Gasteiger partial charge on any atom is 0.274 e. The Bertz CT molecular complexity index is 1030. The molecule has 0 bridgehead atoms. The first-order valence-corrected chi connectivity index (χ1v) is 9.71. The zero-order valence-electron chi connectivity index (χ0n) is 14.2. The van der Waals surface area contributed by atoms with E-state index in [1.165, 1.54) is 4.70 Å². The van der Waals surface area contributed by atoms with Gasteiger partial charge in [0, 0.05) is 18.9 Å². The van der Waals surface area contributed by atoms with E-state index >= 15 is 0 Å². The molecular formula is C20H18N4OS. The van der Waals surface area contributed by atoms with E-state index in [1.807, 2.05) is 58.1 Å². The number of piperidine rings is 1. The van der Waals surface area contributed by atoms with Gasteiger partial charge in [0.05, 0.1) is 16.3 Å². The number of pyridine rings is 1. The number of rotatable bonds is 2. The number of likely N-dealkylation sites (tertiary alicyclic amines) is 1. The number of para-hydroxylation sites is 1. The van der Waals surface area contributed by atoms with Crippen LogP contribution in [-0.2, 0) is 0 Å². The van der Waals surface area contributed by atoms with Crippen molar-refractivity contribution in [2.75, 3.05) is 6.54 Å². The Morgan fingerprint density at radius 3 is 2.85 bits per heavy atom. The fraction of sp³-hybridized carbons (Fsp3) is 0.250. The normalized spacial score (nSPS) is 17.8. The molecule has 26 heavy (non-hydrogen) atoms. The second-order valence-corrected chi connectivity index (χ2v) is 7.68. The molecule has 130 valence electrons. The molecule has 1 aromatic carbocycles. The maximum atomic E-state index is 13.2. The molecule has 0 aliphatic carbocycles. The van der Waals surface area contributed by atoms with Crippen LogP contribution < -0.4 is 0 Å². The Hall–Kier alpha value is -2.73. The van der Waals surface area contributed by atoms with Crippen LogP contribution in [0.4, 0.5) is 0 Å². The van der Waals surface area contributed by atoms with Gasteiger partial charge in [-0.25, -0.2) is 9.97 Å². The second kappa shape index (κ2) is 6.21. The van der Waals surface area contributed by atoms with E-state index in [1.54, 1.807) is 11.3 Å². The number of amides is 1. The average Bonchev–Trinajstić information content (AvgIpc) is 3.31. The van der Waals surface area contributed by atoms with Gasteiger partial charge in [-0.15, -0.1) is 11.3 Å². The molecule has 5 rings (SSSR count). The fourth-order valence-electron chi connectivity index (χ4n) is 3.65. The number of nitrogens with zero attached hydrogens (tertiary/aromatic N) is 4. The SMILES string of the molecule is O=C(c1cn2ccccc2n1)N1CCCC[C@@H]1c1nc2ccccc2s1. The van der Waals surface area contributed by atoms with Crippen LogP contribution in [-0.4, -0.2) is 31.7 Å². The molecule has 1 amide bonds. The Morgan fingerprint density at radius 1 is 1.08 bits per heavy atom. The molecular weight excluding hydrogens is 344 g/mol. The molecule has 4 aromatic rings. The van der Waals surface area contributed by atoms with Crippen molar-refractivity contribution in [2.45, 2.75) is 25.3 Å². The predicted molar refractivity (Wildman–Crippen MR) is 102 cm³/mol. The minimum atomic E-state index is -0.00217.